The van der Waals surface area contributed by atoms with Gasteiger partial charge in [0.25, 0.3) is 0 Å². The van der Waals surface area contributed by atoms with Crippen molar-refractivity contribution in [2.75, 3.05) is 0 Å². The molecule has 4 N–H and O–H groups in total. The van der Waals surface area contributed by atoms with E-state index in [-0.39, 0.29) is 6.10 Å². The maximum absolute atomic E-state index is 9.82. The second-order valence-electron chi connectivity index (χ2n) is 4.56. The Bertz CT molecular complexity index is 359. The molecule has 18 heavy (non-hydrogen) atoms. The smallest absolute Gasteiger partial charge is 0.183 e. The lowest BCUT2D eigenvalue weighted by Crippen LogP contribution is -2.61. The van der Waals surface area contributed by atoms with Gasteiger partial charge in [-0.05, 0) is 12.5 Å². The summed E-state index contributed by atoms with van der Waals surface area (Å²) in [6.45, 7) is 2.09. The highest BCUT2D eigenvalue weighted by Crippen LogP contribution is 2.21. The molecule has 0 aliphatic carbocycles. The van der Waals surface area contributed by atoms with Gasteiger partial charge in [0, 0.05) is 0 Å². The van der Waals surface area contributed by atoms with Crippen molar-refractivity contribution < 1.29 is 19.7 Å². The van der Waals surface area contributed by atoms with Crippen molar-refractivity contribution in [3.8, 4) is 0 Å². The predicted molar refractivity (Wildman–Crippen MR) is 65.6 cm³/mol. The summed E-state index contributed by atoms with van der Waals surface area (Å²) < 4.78 is 10.7. The molecule has 0 unspecified atom stereocenters. The minimum absolute atomic E-state index is 0.343. The quantitative estimate of drug-likeness (QED) is 0.706. The number of hydrogen-bond acceptors (Lipinski definition) is 5. The molecular formula is C13H19NO4. The fourth-order valence-corrected chi connectivity index (χ4v) is 2.02. The molecule has 5 atom stereocenters. The third-order valence-electron chi connectivity index (χ3n) is 3.19. The van der Waals surface area contributed by atoms with Crippen LogP contribution in [-0.2, 0) is 16.1 Å². The molecule has 0 bridgehead atoms. The van der Waals surface area contributed by atoms with Crippen LogP contribution in [0.4, 0.5) is 0 Å². The van der Waals surface area contributed by atoms with Crippen LogP contribution < -0.4 is 5.73 Å². The summed E-state index contributed by atoms with van der Waals surface area (Å²) >= 11 is 0. The van der Waals surface area contributed by atoms with Gasteiger partial charge < -0.3 is 25.4 Å². The molecular weight excluding hydrogens is 234 g/mol. The van der Waals surface area contributed by atoms with Gasteiger partial charge in [-0.1, -0.05) is 30.3 Å². The summed E-state index contributed by atoms with van der Waals surface area (Å²) in [6, 6.07) is 9.14. The maximum atomic E-state index is 9.82. The van der Waals surface area contributed by atoms with Crippen LogP contribution in [0.15, 0.2) is 30.3 Å². The highest BCUT2D eigenvalue weighted by molar-refractivity contribution is 5.13. The molecule has 100 valence electrons. The Hall–Kier alpha value is -0.980. The largest absolute Gasteiger partial charge is 0.385 e. The first kappa shape index (κ1) is 13.5. The van der Waals surface area contributed by atoms with Crippen molar-refractivity contribution in [1.29, 1.82) is 0 Å². The second-order valence-corrected chi connectivity index (χ2v) is 4.56. The van der Waals surface area contributed by atoms with Gasteiger partial charge in [0.1, 0.15) is 12.2 Å². The van der Waals surface area contributed by atoms with Crippen LogP contribution in [0.2, 0.25) is 0 Å². The molecule has 1 aliphatic heterocycles. The third-order valence-corrected chi connectivity index (χ3v) is 3.19. The van der Waals surface area contributed by atoms with Crippen molar-refractivity contribution in [3.63, 3.8) is 0 Å². The van der Waals surface area contributed by atoms with Crippen LogP contribution >= 0.6 is 0 Å². The van der Waals surface area contributed by atoms with Crippen LogP contribution in [0.5, 0.6) is 0 Å². The first-order valence-electron chi connectivity index (χ1n) is 6.02. The maximum Gasteiger partial charge on any atom is 0.183 e. The van der Waals surface area contributed by atoms with E-state index in [1.165, 1.54) is 0 Å². The van der Waals surface area contributed by atoms with E-state index in [4.69, 9.17) is 15.2 Å². The first-order valence-corrected chi connectivity index (χ1v) is 6.02. The van der Waals surface area contributed by atoms with Crippen molar-refractivity contribution >= 4 is 0 Å². The Labute approximate surface area is 106 Å². The summed E-state index contributed by atoms with van der Waals surface area (Å²) in [7, 11) is 0. The summed E-state index contributed by atoms with van der Waals surface area (Å²) in [5.41, 5.74) is 6.91. The van der Waals surface area contributed by atoms with Gasteiger partial charge >= 0.3 is 0 Å². The van der Waals surface area contributed by atoms with Crippen LogP contribution in [0.1, 0.15) is 12.5 Å². The van der Waals surface area contributed by atoms with Gasteiger partial charge in [-0.2, -0.15) is 0 Å². The molecule has 1 heterocycles. The second kappa shape index (κ2) is 5.77. The Morgan fingerprint density at radius 3 is 2.61 bits per heavy atom. The number of benzene rings is 1. The number of rotatable bonds is 3. The van der Waals surface area contributed by atoms with E-state index in [0.29, 0.717) is 6.61 Å². The molecule has 1 aliphatic rings. The fraction of sp³-hybridized carbons (Fsp3) is 0.538. The lowest BCUT2D eigenvalue weighted by molar-refractivity contribution is -0.259. The molecule has 0 saturated carbocycles. The van der Waals surface area contributed by atoms with E-state index in [2.05, 4.69) is 0 Å². The first-order chi connectivity index (χ1) is 8.59. The number of aliphatic hydroxyl groups is 2. The summed E-state index contributed by atoms with van der Waals surface area (Å²) in [5, 5.41) is 19.3. The molecule has 2 rings (SSSR count). The van der Waals surface area contributed by atoms with E-state index >= 15 is 0 Å². The van der Waals surface area contributed by atoms with Gasteiger partial charge in [0.2, 0.25) is 0 Å². The van der Waals surface area contributed by atoms with Gasteiger partial charge in [-0.15, -0.1) is 0 Å². The standard InChI is InChI=1S/C13H19NO4/c1-8-10(14)12(11(15)13(16)18-8)17-7-9-5-3-2-4-6-9/h2-6,8,10-13,15-16H,7,14H2,1H3/t8-,10-,11+,12+,13+/m1/s1. The zero-order chi connectivity index (χ0) is 13.1. The van der Waals surface area contributed by atoms with Gasteiger partial charge in [-0.3, -0.25) is 0 Å². The molecule has 1 fully saturated rings. The van der Waals surface area contributed by atoms with Gasteiger partial charge in [-0.25, -0.2) is 0 Å². The summed E-state index contributed by atoms with van der Waals surface area (Å²) in [4.78, 5) is 0. The lowest BCUT2D eigenvalue weighted by atomic mass is 9.98. The average molecular weight is 253 g/mol. The molecule has 1 saturated heterocycles. The monoisotopic (exact) mass is 253 g/mol. The SMILES string of the molecule is C[C@H]1O[C@H](O)[C@@H](O)[C@@H](OCc2ccccc2)[C@@H]1N. The molecule has 0 aromatic heterocycles. The number of ether oxygens (including phenoxy) is 2. The van der Waals surface area contributed by atoms with Gasteiger partial charge in [0.15, 0.2) is 6.29 Å². The molecule has 1 aromatic rings. The normalized spacial score (nSPS) is 36.6. The van der Waals surface area contributed by atoms with E-state index in [0.717, 1.165) is 5.56 Å². The minimum atomic E-state index is -1.25. The topological polar surface area (TPSA) is 84.9 Å². The van der Waals surface area contributed by atoms with E-state index < -0.39 is 24.5 Å². The molecule has 1 aromatic carbocycles. The molecule has 5 nitrogen and oxygen atoms in total. The van der Waals surface area contributed by atoms with Crippen molar-refractivity contribution in [1.82, 2.24) is 0 Å². The average Bonchev–Trinajstić information content (AvgIpc) is 2.38. The predicted octanol–water partition coefficient (Wildman–Crippen LogP) is -0.00290. The van der Waals surface area contributed by atoms with E-state index in [1.807, 2.05) is 30.3 Å². The lowest BCUT2D eigenvalue weighted by Gasteiger charge is -2.40. The van der Waals surface area contributed by atoms with Crippen molar-refractivity contribution in [2.45, 2.75) is 44.2 Å². The van der Waals surface area contributed by atoms with E-state index in [1.54, 1.807) is 6.92 Å². The fourth-order valence-electron chi connectivity index (χ4n) is 2.02. The molecule has 5 heteroatoms. The molecule has 0 radical (unpaired) electrons. The zero-order valence-corrected chi connectivity index (χ0v) is 10.3. The van der Waals surface area contributed by atoms with E-state index in [9.17, 15) is 10.2 Å². The Morgan fingerprint density at radius 2 is 1.94 bits per heavy atom. The Kier molecular flexibility index (Phi) is 4.31. The number of nitrogens with two attached hydrogens (primary N) is 1. The highest BCUT2D eigenvalue weighted by Gasteiger charge is 2.41. The minimum Gasteiger partial charge on any atom is -0.385 e. The van der Waals surface area contributed by atoms with Crippen LogP contribution in [0.3, 0.4) is 0 Å². The van der Waals surface area contributed by atoms with Crippen LogP contribution in [-0.4, -0.2) is 40.9 Å². The zero-order valence-electron chi connectivity index (χ0n) is 10.3. The van der Waals surface area contributed by atoms with Gasteiger partial charge in [0.05, 0.1) is 18.8 Å². The molecule has 0 spiro atoms. The van der Waals surface area contributed by atoms with Crippen molar-refractivity contribution in [2.24, 2.45) is 5.73 Å². The molecule has 0 amide bonds. The number of aliphatic hydroxyl groups excluding tert-OH is 2. The Morgan fingerprint density at radius 1 is 1.28 bits per heavy atom. The third kappa shape index (κ3) is 2.88. The van der Waals surface area contributed by atoms with Crippen molar-refractivity contribution in [3.05, 3.63) is 35.9 Å². The van der Waals surface area contributed by atoms with Crippen LogP contribution in [0.25, 0.3) is 0 Å². The summed E-state index contributed by atoms with van der Waals surface area (Å²) in [6.07, 6.45) is -3.37. The van der Waals surface area contributed by atoms with Crippen LogP contribution in [0, 0.1) is 0 Å². The summed E-state index contributed by atoms with van der Waals surface area (Å²) in [5.74, 6) is 0. The number of hydrogen-bond donors (Lipinski definition) is 3. The highest BCUT2D eigenvalue weighted by atomic mass is 16.6. The Balaban J connectivity index is 1.98.